The fourth-order valence-electron chi connectivity index (χ4n) is 1.71. The Kier molecular flexibility index (Phi) is 5.92. The number of ether oxygens (including phenoxy) is 1. The van der Waals surface area contributed by atoms with E-state index in [0.717, 1.165) is 0 Å². The Morgan fingerprint density at radius 3 is 2.36 bits per heavy atom. The maximum atomic E-state index is 5.33. The van der Waals surface area contributed by atoms with Gasteiger partial charge in [0.2, 0.25) is 0 Å². The van der Waals surface area contributed by atoms with Crippen molar-refractivity contribution in [3.05, 3.63) is 0 Å². The van der Waals surface area contributed by atoms with Crippen molar-refractivity contribution in [1.29, 1.82) is 0 Å². The van der Waals surface area contributed by atoms with Crippen LogP contribution in [0.15, 0.2) is 0 Å². The van der Waals surface area contributed by atoms with Crippen molar-refractivity contribution in [1.82, 2.24) is 5.32 Å². The molecule has 0 unspecified atom stereocenters. The molecule has 1 rings (SSSR count). The zero-order valence-electron chi connectivity index (χ0n) is 7.30. The minimum absolute atomic E-state index is 0. The minimum atomic E-state index is 0. The monoisotopic (exact) mass is 179 g/mol. The molecule has 0 aromatic rings. The SMILES string of the molecule is CN[C@H]1CCCC[C@H]1OC.Cl. The van der Waals surface area contributed by atoms with Crippen molar-refractivity contribution >= 4 is 12.4 Å². The Bertz CT molecular complexity index is 88.1. The van der Waals surface area contributed by atoms with Gasteiger partial charge in [0, 0.05) is 13.2 Å². The van der Waals surface area contributed by atoms with Gasteiger partial charge in [0.1, 0.15) is 0 Å². The second-order valence-electron chi connectivity index (χ2n) is 2.95. The summed E-state index contributed by atoms with van der Waals surface area (Å²) in [5, 5.41) is 3.28. The molecule has 1 aliphatic carbocycles. The van der Waals surface area contributed by atoms with Crippen LogP contribution < -0.4 is 5.32 Å². The fraction of sp³-hybridized carbons (Fsp3) is 1.00. The Morgan fingerprint density at radius 1 is 1.27 bits per heavy atom. The van der Waals surface area contributed by atoms with Crippen LogP contribution in [0, 0.1) is 0 Å². The third kappa shape index (κ3) is 2.97. The number of halogens is 1. The summed E-state index contributed by atoms with van der Waals surface area (Å²) in [4.78, 5) is 0. The Hall–Kier alpha value is 0.210. The topological polar surface area (TPSA) is 21.3 Å². The smallest absolute Gasteiger partial charge is 0.0724 e. The second kappa shape index (κ2) is 5.81. The molecule has 11 heavy (non-hydrogen) atoms. The fourth-order valence-corrected chi connectivity index (χ4v) is 1.71. The second-order valence-corrected chi connectivity index (χ2v) is 2.95. The number of nitrogens with one attached hydrogen (secondary N) is 1. The van der Waals surface area contributed by atoms with Gasteiger partial charge in [-0.05, 0) is 19.9 Å². The van der Waals surface area contributed by atoms with Crippen molar-refractivity contribution < 1.29 is 4.74 Å². The quantitative estimate of drug-likeness (QED) is 0.695. The summed E-state index contributed by atoms with van der Waals surface area (Å²) < 4.78 is 5.33. The lowest BCUT2D eigenvalue weighted by Gasteiger charge is -2.29. The van der Waals surface area contributed by atoms with E-state index in [9.17, 15) is 0 Å². The van der Waals surface area contributed by atoms with Crippen molar-refractivity contribution in [3.63, 3.8) is 0 Å². The van der Waals surface area contributed by atoms with Crippen LogP contribution in [0.5, 0.6) is 0 Å². The summed E-state index contributed by atoms with van der Waals surface area (Å²) in [6.45, 7) is 0. The van der Waals surface area contributed by atoms with E-state index in [0.29, 0.717) is 12.1 Å². The highest BCUT2D eigenvalue weighted by Gasteiger charge is 2.22. The summed E-state index contributed by atoms with van der Waals surface area (Å²) in [6.07, 6.45) is 5.64. The lowest BCUT2D eigenvalue weighted by Crippen LogP contribution is -2.41. The molecule has 0 aromatic carbocycles. The molecule has 1 N–H and O–H groups in total. The predicted octanol–water partition coefficient (Wildman–Crippen LogP) is 1.59. The summed E-state index contributed by atoms with van der Waals surface area (Å²) >= 11 is 0. The van der Waals surface area contributed by atoms with E-state index < -0.39 is 0 Å². The Morgan fingerprint density at radius 2 is 1.91 bits per heavy atom. The summed E-state index contributed by atoms with van der Waals surface area (Å²) in [5.74, 6) is 0. The zero-order chi connectivity index (χ0) is 7.40. The van der Waals surface area contributed by atoms with Gasteiger partial charge in [0.05, 0.1) is 6.10 Å². The van der Waals surface area contributed by atoms with Gasteiger partial charge in [-0.3, -0.25) is 0 Å². The van der Waals surface area contributed by atoms with Gasteiger partial charge in [-0.2, -0.15) is 0 Å². The molecule has 0 aromatic heterocycles. The van der Waals surface area contributed by atoms with E-state index >= 15 is 0 Å². The van der Waals surface area contributed by atoms with Crippen LogP contribution in [-0.2, 0) is 4.74 Å². The van der Waals surface area contributed by atoms with Crippen molar-refractivity contribution in [2.45, 2.75) is 37.8 Å². The van der Waals surface area contributed by atoms with E-state index in [1.54, 1.807) is 7.11 Å². The third-order valence-electron chi connectivity index (χ3n) is 2.38. The number of rotatable bonds is 2. The number of hydrogen-bond donors (Lipinski definition) is 1. The van der Waals surface area contributed by atoms with Gasteiger partial charge in [0.25, 0.3) is 0 Å². The first kappa shape index (κ1) is 11.2. The summed E-state index contributed by atoms with van der Waals surface area (Å²) in [6, 6.07) is 0.596. The first-order valence-corrected chi connectivity index (χ1v) is 4.08. The van der Waals surface area contributed by atoms with Gasteiger partial charge >= 0.3 is 0 Å². The minimum Gasteiger partial charge on any atom is -0.380 e. The Labute approximate surface area is 75.1 Å². The number of hydrogen-bond acceptors (Lipinski definition) is 2. The van der Waals surface area contributed by atoms with Gasteiger partial charge in [-0.15, -0.1) is 12.4 Å². The first-order valence-electron chi connectivity index (χ1n) is 4.08. The van der Waals surface area contributed by atoms with Crippen LogP contribution in [0.1, 0.15) is 25.7 Å². The van der Waals surface area contributed by atoms with Gasteiger partial charge in [-0.25, -0.2) is 0 Å². The maximum Gasteiger partial charge on any atom is 0.0724 e. The number of likely N-dealkylation sites (N-methyl/N-ethyl adjacent to an activating group) is 1. The van der Waals surface area contributed by atoms with Crippen molar-refractivity contribution in [2.24, 2.45) is 0 Å². The van der Waals surface area contributed by atoms with E-state index in [1.165, 1.54) is 25.7 Å². The van der Waals surface area contributed by atoms with Crippen LogP contribution in [0.4, 0.5) is 0 Å². The first-order chi connectivity index (χ1) is 4.88. The van der Waals surface area contributed by atoms with Crippen LogP contribution >= 0.6 is 12.4 Å². The molecule has 0 amide bonds. The molecule has 1 saturated carbocycles. The maximum absolute atomic E-state index is 5.33. The number of methoxy groups -OCH3 is 1. The molecule has 0 bridgehead atoms. The van der Waals surface area contributed by atoms with Crippen molar-refractivity contribution in [3.8, 4) is 0 Å². The average Bonchev–Trinajstić information content (AvgIpc) is 2.04. The van der Waals surface area contributed by atoms with E-state index in [1.807, 2.05) is 7.05 Å². The molecule has 68 valence electrons. The van der Waals surface area contributed by atoms with E-state index in [-0.39, 0.29) is 12.4 Å². The van der Waals surface area contributed by atoms with Gasteiger partial charge in [-0.1, -0.05) is 12.8 Å². The van der Waals surface area contributed by atoms with Crippen molar-refractivity contribution in [2.75, 3.05) is 14.2 Å². The molecule has 2 nitrogen and oxygen atoms in total. The molecular formula is C8H18ClNO. The summed E-state index contributed by atoms with van der Waals surface area (Å²) in [5.41, 5.74) is 0. The van der Waals surface area contributed by atoms with Crippen LogP contribution in [0.2, 0.25) is 0 Å². The molecule has 0 radical (unpaired) electrons. The molecule has 2 atom stereocenters. The molecule has 1 fully saturated rings. The van der Waals surface area contributed by atoms with Gasteiger partial charge < -0.3 is 10.1 Å². The van der Waals surface area contributed by atoms with E-state index in [2.05, 4.69) is 5.32 Å². The largest absolute Gasteiger partial charge is 0.380 e. The molecule has 0 spiro atoms. The normalized spacial score (nSPS) is 31.1. The highest BCUT2D eigenvalue weighted by atomic mass is 35.5. The molecule has 1 aliphatic rings. The molecule has 3 heteroatoms. The van der Waals surface area contributed by atoms with Crippen LogP contribution in [-0.4, -0.2) is 26.3 Å². The third-order valence-corrected chi connectivity index (χ3v) is 2.38. The highest BCUT2D eigenvalue weighted by Crippen LogP contribution is 2.19. The summed E-state index contributed by atoms with van der Waals surface area (Å²) in [7, 11) is 3.82. The lowest BCUT2D eigenvalue weighted by atomic mass is 9.93. The molecule has 0 saturated heterocycles. The lowest BCUT2D eigenvalue weighted by molar-refractivity contribution is 0.0445. The average molecular weight is 180 g/mol. The van der Waals surface area contributed by atoms with Crippen LogP contribution in [0.3, 0.4) is 0 Å². The molecule has 0 aliphatic heterocycles. The van der Waals surface area contributed by atoms with Crippen LogP contribution in [0.25, 0.3) is 0 Å². The zero-order valence-corrected chi connectivity index (χ0v) is 8.12. The van der Waals surface area contributed by atoms with E-state index in [4.69, 9.17) is 4.74 Å². The highest BCUT2D eigenvalue weighted by molar-refractivity contribution is 5.85. The van der Waals surface area contributed by atoms with Gasteiger partial charge in [0.15, 0.2) is 0 Å². The Balaban J connectivity index is 0.000001000. The standard InChI is InChI=1S/C8H17NO.ClH/c1-9-7-5-3-4-6-8(7)10-2;/h7-9H,3-6H2,1-2H3;1H/t7-,8+;/m0./s1. The molecular weight excluding hydrogens is 162 g/mol. The predicted molar refractivity (Wildman–Crippen MR) is 49.4 cm³/mol. The molecule has 0 heterocycles.